The Balaban J connectivity index is 2.89. The van der Waals surface area contributed by atoms with Gasteiger partial charge in [0, 0.05) is 5.02 Å². The average molecular weight is 304 g/mol. The Bertz CT molecular complexity index is 449. The quantitative estimate of drug-likeness (QED) is 0.789. The van der Waals surface area contributed by atoms with Gasteiger partial charge in [-0.05, 0) is 31.0 Å². The van der Waals surface area contributed by atoms with Gasteiger partial charge in [0.25, 0.3) is 0 Å². The molecule has 0 fully saturated rings. The predicted molar refractivity (Wildman–Crippen MR) is 80.2 cm³/mol. The number of methoxy groups -OCH3 is 1. The highest BCUT2D eigenvalue weighted by Gasteiger charge is 2.19. The van der Waals surface area contributed by atoms with Crippen LogP contribution in [0.2, 0.25) is 10.0 Å². The Labute approximate surface area is 124 Å². The van der Waals surface area contributed by atoms with E-state index in [0.29, 0.717) is 22.2 Å². The summed E-state index contributed by atoms with van der Waals surface area (Å²) in [5, 5.41) is 4.28. The minimum Gasteiger partial charge on any atom is -0.467 e. The molecular formula is C14H19Cl2NO2. The van der Waals surface area contributed by atoms with Crippen LogP contribution in [0.3, 0.4) is 0 Å². The number of esters is 1. The number of nitrogens with one attached hydrogen (secondary N) is 1. The van der Waals surface area contributed by atoms with Crippen molar-refractivity contribution >= 4 is 34.9 Å². The minimum atomic E-state index is -0.402. The molecule has 0 saturated carbocycles. The maximum Gasteiger partial charge on any atom is 0.328 e. The Morgan fingerprint density at radius 1 is 1.37 bits per heavy atom. The highest BCUT2D eigenvalue weighted by atomic mass is 35.5. The zero-order valence-electron chi connectivity index (χ0n) is 11.4. The highest BCUT2D eigenvalue weighted by Crippen LogP contribution is 2.29. The number of halogens is 2. The lowest BCUT2D eigenvalue weighted by Crippen LogP contribution is -2.30. The smallest absolute Gasteiger partial charge is 0.328 e. The fourth-order valence-electron chi connectivity index (χ4n) is 1.74. The van der Waals surface area contributed by atoms with Crippen LogP contribution in [0.4, 0.5) is 5.69 Å². The molecule has 0 amide bonds. The van der Waals surface area contributed by atoms with Crippen molar-refractivity contribution in [3.05, 3.63) is 27.7 Å². The van der Waals surface area contributed by atoms with Gasteiger partial charge in [0.2, 0.25) is 0 Å². The van der Waals surface area contributed by atoms with Gasteiger partial charge in [-0.3, -0.25) is 0 Å². The summed E-state index contributed by atoms with van der Waals surface area (Å²) >= 11 is 12.2. The van der Waals surface area contributed by atoms with Crippen LogP contribution in [-0.2, 0) is 9.53 Å². The molecule has 3 nitrogen and oxygen atoms in total. The maximum absolute atomic E-state index is 11.7. The molecule has 0 aromatic heterocycles. The average Bonchev–Trinajstić information content (AvgIpc) is 2.39. The van der Waals surface area contributed by atoms with Crippen molar-refractivity contribution < 1.29 is 9.53 Å². The Kier molecular flexibility index (Phi) is 6.46. The molecule has 0 aliphatic heterocycles. The molecule has 1 aromatic carbocycles. The number of benzene rings is 1. The summed E-state index contributed by atoms with van der Waals surface area (Å²) in [7, 11) is 1.38. The van der Waals surface area contributed by atoms with Gasteiger partial charge in [-0.25, -0.2) is 4.79 Å². The van der Waals surface area contributed by atoms with Gasteiger partial charge >= 0.3 is 5.97 Å². The Morgan fingerprint density at radius 3 is 2.63 bits per heavy atom. The van der Waals surface area contributed by atoms with Gasteiger partial charge in [0.05, 0.1) is 17.8 Å². The molecule has 0 bridgehead atoms. The lowest BCUT2D eigenvalue weighted by molar-refractivity contribution is -0.141. The fourth-order valence-corrected chi connectivity index (χ4v) is 2.18. The first-order valence-electron chi connectivity index (χ1n) is 6.29. The monoisotopic (exact) mass is 303 g/mol. The van der Waals surface area contributed by atoms with E-state index in [2.05, 4.69) is 12.2 Å². The van der Waals surface area contributed by atoms with Crippen LogP contribution >= 0.6 is 23.2 Å². The van der Waals surface area contributed by atoms with E-state index >= 15 is 0 Å². The molecule has 0 spiro atoms. The van der Waals surface area contributed by atoms with Crippen LogP contribution in [0.15, 0.2) is 12.1 Å². The Hall–Kier alpha value is -0.930. The first-order valence-corrected chi connectivity index (χ1v) is 7.05. The van der Waals surface area contributed by atoms with Crippen molar-refractivity contribution in [1.29, 1.82) is 0 Å². The molecule has 0 heterocycles. The molecule has 1 rings (SSSR count). The molecule has 19 heavy (non-hydrogen) atoms. The normalized spacial score (nSPS) is 12.1. The van der Waals surface area contributed by atoms with Crippen LogP contribution in [-0.4, -0.2) is 19.1 Å². The van der Waals surface area contributed by atoms with Gasteiger partial charge < -0.3 is 10.1 Å². The zero-order valence-corrected chi connectivity index (χ0v) is 12.9. The van der Waals surface area contributed by atoms with Gasteiger partial charge in [-0.1, -0.05) is 43.0 Å². The molecule has 0 aliphatic carbocycles. The van der Waals surface area contributed by atoms with E-state index < -0.39 is 6.04 Å². The predicted octanol–water partition coefficient (Wildman–Crippen LogP) is 4.45. The summed E-state index contributed by atoms with van der Waals surface area (Å²) < 4.78 is 4.80. The molecule has 0 saturated heterocycles. The van der Waals surface area contributed by atoms with Gasteiger partial charge in [0.1, 0.15) is 6.04 Å². The van der Waals surface area contributed by atoms with Crippen LogP contribution in [0.25, 0.3) is 0 Å². The molecule has 0 aliphatic rings. The number of anilines is 1. The third-order valence-corrected chi connectivity index (χ3v) is 3.63. The second kappa shape index (κ2) is 7.61. The van der Waals surface area contributed by atoms with Crippen molar-refractivity contribution in [2.24, 2.45) is 0 Å². The van der Waals surface area contributed by atoms with E-state index in [1.54, 1.807) is 12.1 Å². The van der Waals surface area contributed by atoms with E-state index in [1.165, 1.54) is 7.11 Å². The molecule has 0 radical (unpaired) electrons. The van der Waals surface area contributed by atoms with Crippen molar-refractivity contribution in [2.75, 3.05) is 12.4 Å². The summed E-state index contributed by atoms with van der Waals surface area (Å²) in [6.45, 7) is 3.96. The molecule has 1 unspecified atom stereocenters. The number of carbonyl (C=O) groups is 1. The van der Waals surface area contributed by atoms with Crippen LogP contribution in [0, 0.1) is 6.92 Å². The summed E-state index contributed by atoms with van der Waals surface area (Å²) in [6.07, 6.45) is 2.65. The number of carbonyl (C=O) groups excluding carboxylic acids is 1. The summed E-state index contributed by atoms with van der Waals surface area (Å²) in [4.78, 5) is 11.7. The molecule has 1 atom stereocenters. The van der Waals surface area contributed by atoms with E-state index in [4.69, 9.17) is 27.9 Å². The number of unbranched alkanes of at least 4 members (excludes halogenated alkanes) is 1. The van der Waals surface area contributed by atoms with Gasteiger partial charge in [-0.2, -0.15) is 0 Å². The zero-order chi connectivity index (χ0) is 14.4. The van der Waals surface area contributed by atoms with E-state index in [-0.39, 0.29) is 5.97 Å². The topological polar surface area (TPSA) is 38.3 Å². The van der Waals surface area contributed by atoms with Crippen LogP contribution < -0.4 is 5.32 Å². The SMILES string of the molecule is CCCCC(Nc1cc(Cl)c(C)cc1Cl)C(=O)OC. The maximum atomic E-state index is 11.7. The standard InChI is InChI=1S/C14H19Cl2NO2/c1-4-5-6-12(14(18)19-3)17-13-8-10(15)9(2)7-11(13)16/h7-8,12,17H,4-6H2,1-3H3. The molecule has 106 valence electrons. The van der Waals surface area contributed by atoms with Crippen molar-refractivity contribution in [3.8, 4) is 0 Å². The summed E-state index contributed by atoms with van der Waals surface area (Å²) in [5.41, 5.74) is 1.56. The largest absolute Gasteiger partial charge is 0.467 e. The number of ether oxygens (including phenoxy) is 1. The number of rotatable bonds is 6. The van der Waals surface area contributed by atoms with E-state index in [1.807, 2.05) is 6.92 Å². The summed E-state index contributed by atoms with van der Waals surface area (Å²) in [5.74, 6) is -0.291. The first-order chi connectivity index (χ1) is 8.99. The van der Waals surface area contributed by atoms with E-state index in [9.17, 15) is 4.79 Å². The third kappa shape index (κ3) is 4.59. The number of hydrogen-bond acceptors (Lipinski definition) is 3. The molecule has 1 N–H and O–H groups in total. The second-order valence-electron chi connectivity index (χ2n) is 4.44. The van der Waals surface area contributed by atoms with Crippen LogP contribution in [0.1, 0.15) is 31.7 Å². The van der Waals surface area contributed by atoms with E-state index in [0.717, 1.165) is 18.4 Å². The lowest BCUT2D eigenvalue weighted by atomic mass is 10.1. The van der Waals surface area contributed by atoms with Crippen molar-refractivity contribution in [2.45, 2.75) is 39.2 Å². The second-order valence-corrected chi connectivity index (χ2v) is 5.26. The molecular weight excluding hydrogens is 285 g/mol. The van der Waals surface area contributed by atoms with Crippen LogP contribution in [0.5, 0.6) is 0 Å². The van der Waals surface area contributed by atoms with Crippen molar-refractivity contribution in [1.82, 2.24) is 0 Å². The fraction of sp³-hybridized carbons (Fsp3) is 0.500. The molecule has 5 heteroatoms. The molecule has 1 aromatic rings. The first kappa shape index (κ1) is 16.1. The highest BCUT2D eigenvalue weighted by molar-refractivity contribution is 6.35. The number of aryl methyl sites for hydroxylation is 1. The van der Waals surface area contributed by atoms with Gasteiger partial charge in [0.15, 0.2) is 0 Å². The Morgan fingerprint density at radius 2 is 2.05 bits per heavy atom. The summed E-state index contributed by atoms with van der Waals surface area (Å²) in [6, 6.07) is 3.11. The number of hydrogen-bond donors (Lipinski definition) is 1. The van der Waals surface area contributed by atoms with Gasteiger partial charge in [-0.15, -0.1) is 0 Å². The third-order valence-electron chi connectivity index (χ3n) is 2.91. The van der Waals surface area contributed by atoms with Crippen molar-refractivity contribution in [3.63, 3.8) is 0 Å². The minimum absolute atomic E-state index is 0.291. The lowest BCUT2D eigenvalue weighted by Gasteiger charge is -2.19.